The van der Waals surface area contributed by atoms with Crippen LogP contribution in [0.25, 0.3) is 17.0 Å². The minimum atomic E-state index is -0.128. The molecule has 4 heteroatoms. The highest BCUT2D eigenvalue weighted by Gasteiger charge is 2.28. The molecule has 0 bridgehead atoms. The van der Waals surface area contributed by atoms with E-state index < -0.39 is 0 Å². The molecule has 1 aliphatic rings. The molecule has 1 heterocycles. The zero-order chi connectivity index (χ0) is 16.9. The highest BCUT2D eigenvalue weighted by Crippen LogP contribution is 2.44. The smallest absolute Gasteiger partial charge is 0.305 e. The van der Waals surface area contributed by atoms with Crippen molar-refractivity contribution in [2.24, 2.45) is 0 Å². The van der Waals surface area contributed by atoms with E-state index in [0.29, 0.717) is 12.3 Å². The molecule has 0 atom stereocenters. The van der Waals surface area contributed by atoms with Crippen LogP contribution in [0, 0.1) is 0 Å². The van der Waals surface area contributed by atoms with Gasteiger partial charge in [0.15, 0.2) is 0 Å². The molecule has 0 amide bonds. The summed E-state index contributed by atoms with van der Waals surface area (Å²) in [4.78, 5) is 16.0. The Labute approximate surface area is 151 Å². The van der Waals surface area contributed by atoms with Gasteiger partial charge in [0.1, 0.15) is 0 Å². The first kappa shape index (κ1) is 17.2. The molecule has 3 rings (SSSR count). The second kappa shape index (κ2) is 7.93. The maximum Gasteiger partial charge on any atom is 0.305 e. The van der Waals surface area contributed by atoms with Crippen molar-refractivity contribution >= 4 is 38.9 Å². The van der Waals surface area contributed by atoms with Gasteiger partial charge in [0.2, 0.25) is 0 Å². The standard InChI is InChI=1S/C20H22BrNO2/c1-24-18(23)11-5-3-2-4-9-16-19(21)15-8-6-7-10-17(15)22-20(16)14-12-13-14/h4,6-10,14H,2-3,5,11-13H2,1H3/b9-4+. The van der Waals surface area contributed by atoms with Gasteiger partial charge >= 0.3 is 5.97 Å². The minimum Gasteiger partial charge on any atom is -0.469 e. The fraction of sp³-hybridized carbons (Fsp3) is 0.400. The van der Waals surface area contributed by atoms with E-state index in [4.69, 9.17) is 4.98 Å². The molecule has 0 aliphatic heterocycles. The summed E-state index contributed by atoms with van der Waals surface area (Å²) in [5, 5.41) is 1.16. The number of carbonyl (C=O) groups excluding carboxylic acids is 1. The van der Waals surface area contributed by atoms with E-state index in [1.165, 1.54) is 31.2 Å². The summed E-state index contributed by atoms with van der Waals surface area (Å²) in [6, 6.07) is 8.27. The van der Waals surface area contributed by atoms with Gasteiger partial charge in [-0.3, -0.25) is 9.78 Å². The Hall–Kier alpha value is -1.68. The number of allylic oxidation sites excluding steroid dienone is 1. The summed E-state index contributed by atoms with van der Waals surface area (Å²) in [5.41, 5.74) is 3.48. The van der Waals surface area contributed by atoms with Gasteiger partial charge in [-0.2, -0.15) is 0 Å². The third-order valence-corrected chi connectivity index (χ3v) is 5.23. The zero-order valence-corrected chi connectivity index (χ0v) is 15.5. The van der Waals surface area contributed by atoms with Crippen molar-refractivity contribution in [3.05, 3.63) is 46.1 Å². The number of hydrogen-bond donors (Lipinski definition) is 0. The Morgan fingerprint density at radius 1 is 1.33 bits per heavy atom. The molecule has 1 saturated carbocycles. The number of rotatable bonds is 7. The molecule has 0 radical (unpaired) electrons. The van der Waals surface area contributed by atoms with Crippen LogP contribution in [0.15, 0.2) is 34.8 Å². The number of aromatic nitrogens is 1. The first-order valence-electron chi connectivity index (χ1n) is 8.52. The topological polar surface area (TPSA) is 39.2 Å². The van der Waals surface area contributed by atoms with Crippen LogP contribution in [0.5, 0.6) is 0 Å². The van der Waals surface area contributed by atoms with Crippen LogP contribution in [0.2, 0.25) is 0 Å². The number of esters is 1. The third-order valence-electron chi connectivity index (χ3n) is 4.37. The number of unbranched alkanes of at least 4 members (excludes halogenated alkanes) is 2. The van der Waals surface area contributed by atoms with E-state index in [9.17, 15) is 4.79 Å². The largest absolute Gasteiger partial charge is 0.469 e. The van der Waals surface area contributed by atoms with Crippen molar-refractivity contribution < 1.29 is 9.53 Å². The zero-order valence-electron chi connectivity index (χ0n) is 13.9. The Morgan fingerprint density at radius 3 is 2.88 bits per heavy atom. The van der Waals surface area contributed by atoms with Crippen LogP contribution in [0.3, 0.4) is 0 Å². The lowest BCUT2D eigenvalue weighted by atomic mass is 10.0. The molecule has 1 aromatic carbocycles. The summed E-state index contributed by atoms with van der Waals surface area (Å²) in [6.07, 6.45) is 10.2. The summed E-state index contributed by atoms with van der Waals surface area (Å²) < 4.78 is 5.80. The van der Waals surface area contributed by atoms with E-state index in [0.717, 1.165) is 34.6 Å². The van der Waals surface area contributed by atoms with Crippen molar-refractivity contribution in [2.45, 2.75) is 44.4 Å². The third kappa shape index (κ3) is 4.04. The van der Waals surface area contributed by atoms with Crippen molar-refractivity contribution in [1.29, 1.82) is 0 Å². The minimum absolute atomic E-state index is 0.128. The predicted molar refractivity (Wildman–Crippen MR) is 101 cm³/mol. The van der Waals surface area contributed by atoms with Gasteiger partial charge in [0.05, 0.1) is 18.3 Å². The second-order valence-electron chi connectivity index (χ2n) is 6.24. The molecule has 3 nitrogen and oxygen atoms in total. The molecular weight excluding hydrogens is 366 g/mol. The molecule has 1 aromatic heterocycles. The number of pyridine rings is 1. The van der Waals surface area contributed by atoms with Crippen LogP contribution in [0.4, 0.5) is 0 Å². The monoisotopic (exact) mass is 387 g/mol. The summed E-state index contributed by atoms with van der Waals surface area (Å²) >= 11 is 3.79. The fourth-order valence-electron chi connectivity index (χ4n) is 2.87. The number of halogens is 1. The van der Waals surface area contributed by atoms with Crippen LogP contribution >= 0.6 is 15.9 Å². The van der Waals surface area contributed by atoms with E-state index in [-0.39, 0.29) is 5.97 Å². The molecule has 0 saturated heterocycles. The van der Waals surface area contributed by atoms with Crippen molar-refractivity contribution in [2.75, 3.05) is 7.11 Å². The molecule has 1 aliphatic carbocycles. The summed E-state index contributed by atoms with van der Waals surface area (Å²) in [5.74, 6) is 0.473. The lowest BCUT2D eigenvalue weighted by Crippen LogP contribution is -1.98. The first-order chi connectivity index (χ1) is 11.7. The first-order valence-corrected chi connectivity index (χ1v) is 9.31. The maximum atomic E-state index is 11.1. The molecule has 2 aromatic rings. The van der Waals surface area contributed by atoms with Gasteiger partial charge in [-0.05, 0) is 54.1 Å². The lowest BCUT2D eigenvalue weighted by molar-refractivity contribution is -0.140. The molecular formula is C20H22BrNO2. The Bertz CT molecular complexity index is 766. The van der Waals surface area contributed by atoms with Crippen molar-refractivity contribution in [3.8, 4) is 0 Å². The number of fused-ring (bicyclic) bond motifs is 1. The van der Waals surface area contributed by atoms with Crippen LogP contribution < -0.4 is 0 Å². The number of para-hydroxylation sites is 1. The van der Waals surface area contributed by atoms with Gasteiger partial charge in [0, 0.05) is 27.8 Å². The Morgan fingerprint density at radius 2 is 2.12 bits per heavy atom. The Kier molecular flexibility index (Phi) is 5.67. The van der Waals surface area contributed by atoms with Gasteiger partial charge in [-0.15, -0.1) is 0 Å². The van der Waals surface area contributed by atoms with E-state index in [1.807, 2.05) is 12.1 Å². The van der Waals surface area contributed by atoms with Crippen LogP contribution in [0.1, 0.15) is 55.7 Å². The number of benzene rings is 1. The van der Waals surface area contributed by atoms with Crippen LogP contribution in [-0.4, -0.2) is 18.1 Å². The van der Waals surface area contributed by atoms with Crippen LogP contribution in [-0.2, 0) is 9.53 Å². The molecule has 126 valence electrons. The molecule has 0 unspecified atom stereocenters. The van der Waals surface area contributed by atoms with Gasteiger partial charge in [-0.1, -0.05) is 30.4 Å². The quantitative estimate of drug-likeness (QED) is 0.456. The number of carbonyl (C=O) groups is 1. The van der Waals surface area contributed by atoms with Gasteiger partial charge in [-0.25, -0.2) is 0 Å². The highest BCUT2D eigenvalue weighted by molar-refractivity contribution is 9.10. The Balaban J connectivity index is 1.73. The van der Waals surface area contributed by atoms with Crippen molar-refractivity contribution in [1.82, 2.24) is 4.98 Å². The summed E-state index contributed by atoms with van der Waals surface area (Å²) in [6.45, 7) is 0. The number of nitrogens with zero attached hydrogens (tertiary/aromatic N) is 1. The maximum absolute atomic E-state index is 11.1. The second-order valence-corrected chi connectivity index (χ2v) is 7.03. The molecule has 0 N–H and O–H groups in total. The number of ether oxygens (including phenoxy) is 1. The normalized spacial score (nSPS) is 14.4. The lowest BCUT2D eigenvalue weighted by Gasteiger charge is -2.10. The van der Waals surface area contributed by atoms with E-state index in [1.54, 1.807) is 0 Å². The predicted octanol–water partition coefficient (Wildman–Crippen LogP) is 5.62. The van der Waals surface area contributed by atoms with Crippen molar-refractivity contribution in [3.63, 3.8) is 0 Å². The molecule has 24 heavy (non-hydrogen) atoms. The van der Waals surface area contributed by atoms with E-state index >= 15 is 0 Å². The van der Waals surface area contributed by atoms with E-state index in [2.05, 4.69) is 45.0 Å². The highest BCUT2D eigenvalue weighted by atomic mass is 79.9. The fourth-order valence-corrected chi connectivity index (χ4v) is 3.54. The SMILES string of the molecule is COC(=O)CCCC/C=C/c1c(C2CC2)nc2ccccc2c1Br. The number of hydrogen-bond acceptors (Lipinski definition) is 3. The molecule has 0 spiro atoms. The average molecular weight is 388 g/mol. The summed E-state index contributed by atoms with van der Waals surface area (Å²) in [7, 11) is 1.44. The average Bonchev–Trinajstić information content (AvgIpc) is 3.44. The molecule has 1 fully saturated rings. The van der Waals surface area contributed by atoms with Gasteiger partial charge in [0.25, 0.3) is 0 Å². The van der Waals surface area contributed by atoms with Gasteiger partial charge < -0.3 is 4.74 Å². The number of methoxy groups -OCH3 is 1.